The maximum absolute atomic E-state index is 14.8. The van der Waals surface area contributed by atoms with Gasteiger partial charge in [-0.25, -0.2) is 0 Å². The molecule has 8 rings (SSSR count). The quantitative estimate of drug-likeness (QED) is 0.153. The first-order chi connectivity index (χ1) is 20.7. The summed E-state index contributed by atoms with van der Waals surface area (Å²) >= 11 is 0. The third-order valence-corrected chi connectivity index (χ3v) is 11.6. The molecule has 0 atom stereocenters. The second-order valence-corrected chi connectivity index (χ2v) is 13.6. The van der Waals surface area contributed by atoms with E-state index in [9.17, 15) is 4.57 Å². The topological polar surface area (TPSA) is 17.1 Å². The van der Waals surface area contributed by atoms with Crippen LogP contribution in [0.3, 0.4) is 0 Å². The fourth-order valence-electron chi connectivity index (χ4n) is 6.44. The second-order valence-electron chi connectivity index (χ2n) is 10.9. The second kappa shape index (κ2) is 9.84. The molecule has 0 aliphatic carbocycles. The number of benzene rings is 8. The molecule has 0 fully saturated rings. The van der Waals surface area contributed by atoms with Gasteiger partial charge in [0, 0.05) is 15.9 Å². The summed E-state index contributed by atoms with van der Waals surface area (Å²) in [5, 5.41) is 10.3. The van der Waals surface area contributed by atoms with Crippen LogP contribution in [0.2, 0.25) is 0 Å². The van der Waals surface area contributed by atoms with Crippen LogP contribution in [0.4, 0.5) is 0 Å². The lowest BCUT2D eigenvalue weighted by Gasteiger charge is -2.20. The molecule has 8 aromatic rings. The van der Waals surface area contributed by atoms with Crippen LogP contribution in [0.5, 0.6) is 0 Å². The van der Waals surface area contributed by atoms with Crippen LogP contribution < -0.4 is 15.9 Å². The van der Waals surface area contributed by atoms with E-state index in [1.807, 2.05) is 72.8 Å². The van der Waals surface area contributed by atoms with Crippen molar-refractivity contribution in [2.24, 2.45) is 0 Å². The normalized spacial score (nSPS) is 11.9. The zero-order valence-electron chi connectivity index (χ0n) is 22.9. The Morgan fingerprint density at radius 1 is 0.357 bits per heavy atom. The summed E-state index contributed by atoms with van der Waals surface area (Å²) in [5.74, 6) is 0. The molecule has 198 valence electrons. The van der Waals surface area contributed by atoms with Gasteiger partial charge in [0.1, 0.15) is 0 Å². The van der Waals surface area contributed by atoms with Crippen molar-refractivity contribution in [3.8, 4) is 22.3 Å². The summed E-state index contributed by atoms with van der Waals surface area (Å²) in [6, 6.07) is 56.7. The van der Waals surface area contributed by atoms with Crippen molar-refractivity contribution in [3.05, 3.63) is 164 Å². The fourth-order valence-corrected chi connectivity index (χ4v) is 9.09. The van der Waals surface area contributed by atoms with E-state index in [0.717, 1.165) is 27.0 Å². The highest BCUT2D eigenvalue weighted by Crippen LogP contribution is 2.43. The maximum Gasteiger partial charge on any atom is 0.171 e. The van der Waals surface area contributed by atoms with Crippen LogP contribution in [-0.2, 0) is 4.57 Å². The zero-order chi connectivity index (χ0) is 28.1. The van der Waals surface area contributed by atoms with Crippen LogP contribution in [0.1, 0.15) is 0 Å². The summed E-state index contributed by atoms with van der Waals surface area (Å²) < 4.78 is 14.8. The fraction of sp³-hybridized carbons (Fsp3) is 0. The standard InChI is InChI=1S/C40H27OP/c41-42(34-13-3-1-4-14-34,35-15-5-2-6-16-35)36-23-19-28(20-24-36)32-11-8-12-33(27-32)37-25-21-31-18-17-29-9-7-10-30-22-26-38(37)40(31)39(29)30/h1-27H. The third-order valence-electron chi connectivity index (χ3n) is 8.51. The smallest absolute Gasteiger partial charge is 0.171 e. The zero-order valence-corrected chi connectivity index (χ0v) is 23.8. The van der Waals surface area contributed by atoms with Gasteiger partial charge in [0.05, 0.1) is 0 Å². The molecule has 0 amide bonds. The first-order valence-electron chi connectivity index (χ1n) is 14.3. The van der Waals surface area contributed by atoms with E-state index >= 15 is 0 Å². The first kappa shape index (κ1) is 24.8. The van der Waals surface area contributed by atoms with Crippen LogP contribution in [0, 0.1) is 0 Å². The van der Waals surface area contributed by atoms with Gasteiger partial charge in [0.2, 0.25) is 0 Å². The van der Waals surface area contributed by atoms with Crippen molar-refractivity contribution in [3.63, 3.8) is 0 Å². The molecule has 0 bridgehead atoms. The lowest BCUT2D eigenvalue weighted by atomic mass is 9.89. The Morgan fingerprint density at radius 3 is 1.55 bits per heavy atom. The van der Waals surface area contributed by atoms with Crippen LogP contribution >= 0.6 is 7.14 Å². The molecule has 42 heavy (non-hydrogen) atoms. The van der Waals surface area contributed by atoms with E-state index < -0.39 is 7.14 Å². The molecule has 0 aliphatic rings. The highest BCUT2D eigenvalue weighted by atomic mass is 31.2. The molecule has 8 aromatic carbocycles. The molecule has 1 nitrogen and oxygen atoms in total. The molecule has 0 aromatic heterocycles. The highest BCUT2D eigenvalue weighted by Gasteiger charge is 2.29. The molecule has 0 unspecified atom stereocenters. The van der Waals surface area contributed by atoms with Crippen molar-refractivity contribution in [2.75, 3.05) is 0 Å². The third kappa shape index (κ3) is 3.90. The predicted octanol–water partition coefficient (Wildman–Crippen LogP) is 9.56. The van der Waals surface area contributed by atoms with Gasteiger partial charge in [-0.2, -0.15) is 0 Å². The van der Waals surface area contributed by atoms with Crippen LogP contribution in [0.15, 0.2) is 164 Å². The minimum Gasteiger partial charge on any atom is -0.309 e. The lowest BCUT2D eigenvalue weighted by Crippen LogP contribution is -2.24. The van der Waals surface area contributed by atoms with Crippen molar-refractivity contribution < 1.29 is 4.57 Å². The molecule has 0 radical (unpaired) electrons. The summed E-state index contributed by atoms with van der Waals surface area (Å²) in [5.41, 5.74) is 4.66. The van der Waals surface area contributed by atoms with Crippen LogP contribution in [0.25, 0.3) is 54.6 Å². The Balaban J connectivity index is 1.22. The Morgan fingerprint density at radius 2 is 0.881 bits per heavy atom. The van der Waals surface area contributed by atoms with E-state index in [1.165, 1.54) is 43.4 Å². The molecule has 0 heterocycles. The molecule has 2 heteroatoms. The molecular formula is C40H27OP. The Labute approximate surface area is 245 Å². The minimum atomic E-state index is -3.00. The average molecular weight is 555 g/mol. The molecule has 0 aliphatic heterocycles. The van der Waals surface area contributed by atoms with E-state index in [2.05, 4.69) is 91.0 Å². The van der Waals surface area contributed by atoms with Crippen molar-refractivity contribution in [1.29, 1.82) is 0 Å². The van der Waals surface area contributed by atoms with Crippen molar-refractivity contribution in [2.45, 2.75) is 0 Å². The lowest BCUT2D eigenvalue weighted by molar-refractivity contribution is 0.592. The molecule has 0 N–H and O–H groups in total. The largest absolute Gasteiger partial charge is 0.309 e. The number of rotatable bonds is 5. The monoisotopic (exact) mass is 554 g/mol. The minimum absolute atomic E-state index is 0.839. The van der Waals surface area contributed by atoms with E-state index in [0.29, 0.717) is 0 Å². The summed E-state index contributed by atoms with van der Waals surface area (Å²) in [7, 11) is -3.00. The predicted molar refractivity (Wildman–Crippen MR) is 180 cm³/mol. The SMILES string of the molecule is O=P(c1ccccc1)(c1ccccc1)c1ccc(-c2cccc(-c3ccc4ccc5cccc6ccc3c4c56)c2)cc1. The van der Waals surface area contributed by atoms with Gasteiger partial charge in [0.25, 0.3) is 0 Å². The van der Waals surface area contributed by atoms with Gasteiger partial charge in [-0.15, -0.1) is 0 Å². The molecule has 0 spiro atoms. The summed E-state index contributed by atoms with van der Waals surface area (Å²) in [6.07, 6.45) is 0. The summed E-state index contributed by atoms with van der Waals surface area (Å²) in [4.78, 5) is 0. The van der Waals surface area contributed by atoms with Gasteiger partial charge >= 0.3 is 0 Å². The molecular weight excluding hydrogens is 527 g/mol. The Kier molecular flexibility index (Phi) is 5.81. The van der Waals surface area contributed by atoms with E-state index in [-0.39, 0.29) is 0 Å². The Bertz CT molecular complexity index is 2190. The van der Waals surface area contributed by atoms with E-state index in [1.54, 1.807) is 0 Å². The average Bonchev–Trinajstić information content (AvgIpc) is 3.08. The van der Waals surface area contributed by atoms with Gasteiger partial charge in [-0.05, 0) is 60.6 Å². The van der Waals surface area contributed by atoms with Gasteiger partial charge in [-0.1, -0.05) is 158 Å². The molecule has 0 saturated carbocycles. The molecule has 0 saturated heterocycles. The van der Waals surface area contributed by atoms with Crippen molar-refractivity contribution >= 4 is 55.4 Å². The van der Waals surface area contributed by atoms with E-state index in [4.69, 9.17) is 0 Å². The summed E-state index contributed by atoms with van der Waals surface area (Å²) in [6.45, 7) is 0. The van der Waals surface area contributed by atoms with Gasteiger partial charge < -0.3 is 4.57 Å². The van der Waals surface area contributed by atoms with Gasteiger partial charge in [-0.3, -0.25) is 0 Å². The van der Waals surface area contributed by atoms with Gasteiger partial charge in [0.15, 0.2) is 7.14 Å². The highest BCUT2D eigenvalue weighted by molar-refractivity contribution is 7.85. The first-order valence-corrected chi connectivity index (χ1v) is 16.0. The Hall–Kier alpha value is -4.97. The van der Waals surface area contributed by atoms with Crippen LogP contribution in [-0.4, -0.2) is 0 Å². The maximum atomic E-state index is 14.8. The van der Waals surface area contributed by atoms with Crippen molar-refractivity contribution in [1.82, 2.24) is 0 Å². The number of hydrogen-bond donors (Lipinski definition) is 0. The number of hydrogen-bond acceptors (Lipinski definition) is 1.